The molecule has 0 unspecified atom stereocenters. The SMILES string of the molecule is Cc1c(-c2ccc(Cl)c(C(F)(F)F)c2)sc2nc(N)[nH]c(=O)c12. The number of rotatable bonds is 1. The van der Waals surface area contributed by atoms with Gasteiger partial charge in [-0.3, -0.25) is 9.78 Å². The summed E-state index contributed by atoms with van der Waals surface area (Å²) in [5.74, 6) is -0.0395. The Morgan fingerprint density at radius 3 is 2.70 bits per heavy atom. The maximum absolute atomic E-state index is 13.0. The predicted octanol–water partition coefficient (Wildman–Crippen LogP) is 4.21. The second-order valence-electron chi connectivity index (χ2n) is 4.88. The van der Waals surface area contributed by atoms with Crippen LogP contribution in [0.1, 0.15) is 11.1 Å². The van der Waals surface area contributed by atoms with Gasteiger partial charge in [0.25, 0.3) is 5.56 Å². The van der Waals surface area contributed by atoms with E-state index in [1.165, 1.54) is 12.1 Å². The van der Waals surface area contributed by atoms with Gasteiger partial charge in [0, 0.05) is 4.88 Å². The van der Waals surface area contributed by atoms with E-state index in [1.54, 1.807) is 6.92 Å². The van der Waals surface area contributed by atoms with Crippen LogP contribution in [0.25, 0.3) is 20.7 Å². The second-order valence-corrected chi connectivity index (χ2v) is 6.29. The Hall–Kier alpha value is -2.06. The molecule has 0 saturated carbocycles. The number of nitrogens with one attached hydrogen (secondary N) is 1. The van der Waals surface area contributed by atoms with Gasteiger partial charge < -0.3 is 5.73 Å². The predicted molar refractivity (Wildman–Crippen MR) is 84.8 cm³/mol. The lowest BCUT2D eigenvalue weighted by atomic mass is 10.1. The molecule has 3 aromatic rings. The number of nitrogens with zero attached hydrogens (tertiary/aromatic N) is 1. The van der Waals surface area contributed by atoms with E-state index in [0.29, 0.717) is 26.2 Å². The maximum atomic E-state index is 13.0. The summed E-state index contributed by atoms with van der Waals surface area (Å²) in [7, 11) is 0. The standard InChI is InChI=1S/C14H9ClF3N3OS/c1-5-9-11(22)20-13(19)21-12(9)23-10(5)6-2-3-8(15)7(4-6)14(16,17)18/h2-4H,1H3,(H3,19,20,21,22). The van der Waals surface area contributed by atoms with Crippen molar-refractivity contribution in [2.75, 3.05) is 5.73 Å². The zero-order valence-electron chi connectivity index (χ0n) is 11.6. The first-order chi connectivity index (χ1) is 10.7. The molecule has 0 spiro atoms. The number of fused-ring (bicyclic) bond motifs is 1. The van der Waals surface area contributed by atoms with Crippen molar-refractivity contribution in [3.05, 3.63) is 44.7 Å². The van der Waals surface area contributed by atoms with Crippen LogP contribution in [-0.4, -0.2) is 9.97 Å². The van der Waals surface area contributed by atoms with E-state index >= 15 is 0 Å². The minimum Gasteiger partial charge on any atom is -0.369 e. The molecular formula is C14H9ClF3N3OS. The molecule has 1 aromatic carbocycles. The van der Waals surface area contributed by atoms with E-state index in [-0.39, 0.29) is 11.0 Å². The average Bonchev–Trinajstić information content (AvgIpc) is 2.75. The van der Waals surface area contributed by atoms with Crippen molar-refractivity contribution in [1.29, 1.82) is 0 Å². The number of aromatic amines is 1. The average molecular weight is 360 g/mol. The van der Waals surface area contributed by atoms with E-state index in [2.05, 4.69) is 9.97 Å². The number of H-pyrrole nitrogens is 1. The molecule has 23 heavy (non-hydrogen) atoms. The van der Waals surface area contributed by atoms with Crippen LogP contribution in [0.3, 0.4) is 0 Å². The number of nitrogen functional groups attached to an aromatic ring is 1. The highest BCUT2D eigenvalue weighted by Gasteiger charge is 2.33. The lowest BCUT2D eigenvalue weighted by Crippen LogP contribution is -2.10. The fourth-order valence-electron chi connectivity index (χ4n) is 2.32. The van der Waals surface area contributed by atoms with Crippen LogP contribution in [0, 0.1) is 6.92 Å². The minimum atomic E-state index is -4.56. The molecule has 0 atom stereocenters. The van der Waals surface area contributed by atoms with E-state index < -0.39 is 17.3 Å². The molecule has 0 aliphatic rings. The summed E-state index contributed by atoms with van der Waals surface area (Å²) in [5.41, 5.74) is 5.03. The first kappa shape index (κ1) is 15.8. The van der Waals surface area contributed by atoms with Crippen LogP contribution in [0.2, 0.25) is 5.02 Å². The summed E-state index contributed by atoms with van der Waals surface area (Å²) in [4.78, 5) is 19.3. The van der Waals surface area contributed by atoms with Gasteiger partial charge in [0.15, 0.2) is 0 Å². The van der Waals surface area contributed by atoms with Crippen molar-refractivity contribution in [2.24, 2.45) is 0 Å². The molecule has 0 aliphatic carbocycles. The highest BCUT2D eigenvalue weighted by molar-refractivity contribution is 7.22. The molecule has 2 heterocycles. The Morgan fingerprint density at radius 2 is 2.04 bits per heavy atom. The van der Waals surface area contributed by atoms with E-state index in [1.807, 2.05) is 0 Å². The van der Waals surface area contributed by atoms with Gasteiger partial charge in [0.2, 0.25) is 5.95 Å². The van der Waals surface area contributed by atoms with Crippen molar-refractivity contribution < 1.29 is 13.2 Å². The fraction of sp³-hybridized carbons (Fsp3) is 0.143. The van der Waals surface area contributed by atoms with E-state index in [4.69, 9.17) is 17.3 Å². The number of aryl methyl sites for hydroxylation is 1. The molecule has 3 N–H and O–H groups in total. The number of halogens is 4. The number of anilines is 1. The fourth-order valence-corrected chi connectivity index (χ4v) is 3.73. The molecule has 120 valence electrons. The van der Waals surface area contributed by atoms with Gasteiger partial charge in [-0.15, -0.1) is 11.3 Å². The number of aromatic nitrogens is 2. The third-order valence-corrected chi connectivity index (χ3v) is 4.92. The zero-order valence-corrected chi connectivity index (χ0v) is 13.2. The molecule has 0 fully saturated rings. The van der Waals surface area contributed by atoms with Gasteiger partial charge >= 0.3 is 6.18 Å². The number of benzene rings is 1. The number of alkyl halides is 3. The molecule has 4 nitrogen and oxygen atoms in total. The highest BCUT2D eigenvalue weighted by Crippen LogP contribution is 2.41. The number of nitrogens with two attached hydrogens (primary N) is 1. The van der Waals surface area contributed by atoms with Gasteiger partial charge in [0.05, 0.1) is 16.0 Å². The Balaban J connectivity index is 2.28. The normalized spacial score (nSPS) is 12.0. The summed E-state index contributed by atoms with van der Waals surface area (Å²) >= 11 is 6.74. The molecule has 3 rings (SSSR count). The van der Waals surface area contributed by atoms with Crippen LogP contribution in [0.4, 0.5) is 19.1 Å². The Morgan fingerprint density at radius 1 is 1.35 bits per heavy atom. The van der Waals surface area contributed by atoms with Crippen molar-refractivity contribution in [3.63, 3.8) is 0 Å². The summed E-state index contributed by atoms with van der Waals surface area (Å²) in [6, 6.07) is 3.64. The minimum absolute atomic E-state index is 0.0395. The Labute approximate surface area is 136 Å². The molecule has 0 amide bonds. The molecule has 0 radical (unpaired) electrons. The summed E-state index contributed by atoms with van der Waals surface area (Å²) in [6.45, 7) is 1.66. The molecule has 0 aliphatic heterocycles. The number of hydrogen-bond acceptors (Lipinski definition) is 4. The third-order valence-electron chi connectivity index (χ3n) is 3.35. The summed E-state index contributed by atoms with van der Waals surface area (Å²) in [5, 5.41) is -0.0528. The molecule has 0 bridgehead atoms. The molecule has 0 saturated heterocycles. The van der Waals surface area contributed by atoms with Gasteiger partial charge in [-0.2, -0.15) is 13.2 Å². The quantitative estimate of drug-likeness (QED) is 0.683. The lowest BCUT2D eigenvalue weighted by molar-refractivity contribution is -0.137. The zero-order chi connectivity index (χ0) is 16.9. The second kappa shape index (κ2) is 5.24. The first-order valence-corrected chi connectivity index (χ1v) is 7.54. The molecule has 9 heteroatoms. The summed E-state index contributed by atoms with van der Waals surface area (Å²) in [6.07, 6.45) is -4.56. The Kier molecular flexibility index (Phi) is 3.61. The van der Waals surface area contributed by atoms with E-state index in [9.17, 15) is 18.0 Å². The summed E-state index contributed by atoms with van der Waals surface area (Å²) < 4.78 is 39.0. The van der Waals surface area contributed by atoms with Crippen molar-refractivity contribution in [1.82, 2.24) is 9.97 Å². The van der Waals surface area contributed by atoms with Crippen LogP contribution >= 0.6 is 22.9 Å². The van der Waals surface area contributed by atoms with Gasteiger partial charge in [-0.05, 0) is 30.2 Å². The van der Waals surface area contributed by atoms with Crippen molar-refractivity contribution >= 4 is 39.1 Å². The van der Waals surface area contributed by atoms with Crippen molar-refractivity contribution in [2.45, 2.75) is 13.1 Å². The van der Waals surface area contributed by atoms with Crippen LogP contribution in [-0.2, 0) is 6.18 Å². The van der Waals surface area contributed by atoms with Crippen LogP contribution in [0.5, 0.6) is 0 Å². The van der Waals surface area contributed by atoms with Gasteiger partial charge in [0.1, 0.15) is 4.83 Å². The smallest absolute Gasteiger partial charge is 0.369 e. The first-order valence-electron chi connectivity index (χ1n) is 6.34. The highest BCUT2D eigenvalue weighted by atomic mass is 35.5. The lowest BCUT2D eigenvalue weighted by Gasteiger charge is -2.10. The molecule has 2 aromatic heterocycles. The molecular weight excluding hydrogens is 351 g/mol. The van der Waals surface area contributed by atoms with Crippen LogP contribution < -0.4 is 11.3 Å². The van der Waals surface area contributed by atoms with Gasteiger partial charge in [-0.1, -0.05) is 17.7 Å². The third kappa shape index (κ3) is 2.68. The maximum Gasteiger partial charge on any atom is 0.417 e. The number of thiophene rings is 1. The van der Waals surface area contributed by atoms with Gasteiger partial charge in [-0.25, -0.2) is 4.98 Å². The largest absolute Gasteiger partial charge is 0.417 e. The van der Waals surface area contributed by atoms with Crippen LogP contribution in [0.15, 0.2) is 23.0 Å². The van der Waals surface area contributed by atoms with E-state index in [0.717, 1.165) is 17.4 Å². The topological polar surface area (TPSA) is 71.8 Å². The number of hydrogen-bond donors (Lipinski definition) is 2. The Bertz CT molecular complexity index is 978. The van der Waals surface area contributed by atoms with Crippen molar-refractivity contribution in [3.8, 4) is 10.4 Å². The monoisotopic (exact) mass is 359 g/mol.